The van der Waals surface area contributed by atoms with Crippen molar-refractivity contribution in [2.75, 3.05) is 0 Å². The Hall–Kier alpha value is -2.49. The molecule has 4 atom stereocenters. The molecule has 0 aliphatic carbocycles. The predicted molar refractivity (Wildman–Crippen MR) is 117 cm³/mol. The number of hydrogen-bond donors (Lipinski definition) is 2. The fourth-order valence-corrected chi connectivity index (χ4v) is 3.55. The summed E-state index contributed by atoms with van der Waals surface area (Å²) in [5.74, 6) is 0. The molecule has 3 nitrogen and oxygen atoms in total. The number of rotatable bonds is 8. The van der Waals surface area contributed by atoms with E-state index in [1.165, 1.54) is 11.1 Å². The first-order valence-electron chi connectivity index (χ1n) is 10.1. The Labute approximate surface area is 169 Å². The maximum atomic E-state index is 4.94. The van der Waals surface area contributed by atoms with E-state index in [-0.39, 0.29) is 24.2 Å². The third-order valence-electron chi connectivity index (χ3n) is 5.28. The van der Waals surface area contributed by atoms with Crippen LogP contribution < -0.4 is 10.6 Å². The Morgan fingerprint density at radius 1 is 0.500 bits per heavy atom. The van der Waals surface area contributed by atoms with Crippen molar-refractivity contribution in [3.63, 3.8) is 0 Å². The third-order valence-corrected chi connectivity index (χ3v) is 5.28. The Balaban J connectivity index is 1.65. The molecule has 0 unspecified atom stereocenters. The molecule has 0 fully saturated rings. The second-order valence-electron chi connectivity index (χ2n) is 7.53. The van der Waals surface area contributed by atoms with Gasteiger partial charge >= 0.3 is 0 Å². The zero-order valence-corrected chi connectivity index (χ0v) is 17.3. The largest absolute Gasteiger partial charge is 0.302 e. The summed E-state index contributed by atoms with van der Waals surface area (Å²) in [7, 11) is 0. The zero-order valence-electron chi connectivity index (χ0n) is 17.3. The first-order chi connectivity index (χ1) is 13.5. The van der Waals surface area contributed by atoms with Gasteiger partial charge in [0.2, 0.25) is 0 Å². The average molecular weight is 374 g/mol. The molecule has 0 bridgehead atoms. The topological polar surface area (TPSA) is 37.0 Å². The normalized spacial score (nSPS) is 15.6. The molecule has 2 aromatic carbocycles. The lowest BCUT2D eigenvalue weighted by molar-refractivity contribution is 0.469. The van der Waals surface area contributed by atoms with Crippen LogP contribution in [0.3, 0.4) is 0 Å². The third kappa shape index (κ3) is 5.28. The molecule has 3 aromatic rings. The van der Waals surface area contributed by atoms with Crippen molar-refractivity contribution in [3.8, 4) is 0 Å². The van der Waals surface area contributed by atoms with Gasteiger partial charge in [-0.1, -0.05) is 66.7 Å². The Morgan fingerprint density at radius 3 is 1.29 bits per heavy atom. The van der Waals surface area contributed by atoms with Gasteiger partial charge in [-0.2, -0.15) is 0 Å². The van der Waals surface area contributed by atoms with E-state index in [9.17, 15) is 0 Å². The highest BCUT2D eigenvalue weighted by molar-refractivity contribution is 5.22. The molecule has 28 heavy (non-hydrogen) atoms. The lowest BCUT2D eigenvalue weighted by Crippen LogP contribution is -2.25. The molecule has 0 saturated heterocycles. The summed E-state index contributed by atoms with van der Waals surface area (Å²) in [5, 5.41) is 7.32. The van der Waals surface area contributed by atoms with Crippen LogP contribution in [-0.2, 0) is 0 Å². The van der Waals surface area contributed by atoms with Crippen LogP contribution in [0.25, 0.3) is 0 Å². The van der Waals surface area contributed by atoms with Gasteiger partial charge in [-0.25, -0.2) is 0 Å². The van der Waals surface area contributed by atoms with Crippen LogP contribution in [0.5, 0.6) is 0 Å². The summed E-state index contributed by atoms with van der Waals surface area (Å²) in [6.07, 6.45) is 0. The van der Waals surface area contributed by atoms with Crippen molar-refractivity contribution in [2.24, 2.45) is 0 Å². The summed E-state index contributed by atoms with van der Waals surface area (Å²) in [6.45, 7) is 8.75. The van der Waals surface area contributed by atoms with Gasteiger partial charge in [0.05, 0.1) is 11.4 Å². The lowest BCUT2D eigenvalue weighted by Gasteiger charge is -2.23. The molecule has 0 spiro atoms. The van der Waals surface area contributed by atoms with E-state index in [4.69, 9.17) is 4.98 Å². The molecule has 0 amide bonds. The highest BCUT2D eigenvalue weighted by atomic mass is 15.0. The molecule has 0 aliphatic rings. The van der Waals surface area contributed by atoms with Crippen LogP contribution in [0.4, 0.5) is 0 Å². The maximum absolute atomic E-state index is 4.94. The second kappa shape index (κ2) is 9.63. The number of nitrogens with one attached hydrogen (secondary N) is 2. The van der Waals surface area contributed by atoms with Crippen LogP contribution >= 0.6 is 0 Å². The molecule has 0 aliphatic heterocycles. The minimum Gasteiger partial charge on any atom is -0.302 e. The smallest absolute Gasteiger partial charge is 0.0574 e. The molecule has 2 N–H and O–H groups in total. The van der Waals surface area contributed by atoms with E-state index in [0.717, 1.165) is 11.4 Å². The summed E-state index contributed by atoms with van der Waals surface area (Å²) >= 11 is 0. The van der Waals surface area contributed by atoms with E-state index < -0.39 is 0 Å². The molecule has 0 radical (unpaired) electrons. The van der Waals surface area contributed by atoms with Gasteiger partial charge in [0.25, 0.3) is 0 Å². The van der Waals surface area contributed by atoms with Gasteiger partial charge in [0.1, 0.15) is 0 Å². The Kier molecular flexibility index (Phi) is 6.96. The summed E-state index contributed by atoms with van der Waals surface area (Å²) in [4.78, 5) is 4.94. The van der Waals surface area contributed by atoms with E-state index in [1.54, 1.807) is 0 Å². The number of aromatic nitrogens is 1. The van der Waals surface area contributed by atoms with E-state index in [1.807, 2.05) is 0 Å². The molecular weight excluding hydrogens is 342 g/mol. The summed E-state index contributed by atoms with van der Waals surface area (Å²) in [6, 6.07) is 28.3. The van der Waals surface area contributed by atoms with Crippen molar-refractivity contribution in [1.82, 2.24) is 15.6 Å². The van der Waals surface area contributed by atoms with Gasteiger partial charge in [0, 0.05) is 24.2 Å². The van der Waals surface area contributed by atoms with E-state index in [0.29, 0.717) is 0 Å². The van der Waals surface area contributed by atoms with Gasteiger partial charge in [-0.05, 0) is 51.0 Å². The van der Waals surface area contributed by atoms with Crippen molar-refractivity contribution in [2.45, 2.75) is 51.9 Å². The van der Waals surface area contributed by atoms with Crippen LogP contribution in [0.15, 0.2) is 78.9 Å². The summed E-state index contributed by atoms with van der Waals surface area (Å²) in [5.41, 5.74) is 4.72. The average Bonchev–Trinajstić information content (AvgIpc) is 2.75. The number of hydrogen-bond acceptors (Lipinski definition) is 3. The molecular formula is C25H31N3. The van der Waals surface area contributed by atoms with Gasteiger partial charge in [-0.15, -0.1) is 0 Å². The highest BCUT2D eigenvalue weighted by Gasteiger charge is 2.16. The van der Waals surface area contributed by atoms with Gasteiger partial charge in [-0.3, -0.25) is 4.98 Å². The van der Waals surface area contributed by atoms with Crippen molar-refractivity contribution >= 4 is 0 Å². The number of pyridine rings is 1. The molecule has 1 heterocycles. The first-order valence-corrected chi connectivity index (χ1v) is 10.1. The molecule has 0 saturated carbocycles. The van der Waals surface area contributed by atoms with Gasteiger partial charge in [0.15, 0.2) is 0 Å². The van der Waals surface area contributed by atoms with Crippen LogP contribution in [0.1, 0.15) is 74.4 Å². The standard InChI is InChI=1S/C25H31N3/c1-18(22-12-7-5-8-13-22)26-20(3)24-16-11-17-25(28-24)21(4)27-19(2)23-14-9-6-10-15-23/h5-21,26-27H,1-4H3/t18-,19-,20-,21-/m0/s1. The monoisotopic (exact) mass is 373 g/mol. The zero-order chi connectivity index (χ0) is 19.9. The fraction of sp³-hybridized carbons (Fsp3) is 0.320. The van der Waals surface area contributed by atoms with Crippen LogP contribution in [-0.4, -0.2) is 4.98 Å². The van der Waals surface area contributed by atoms with E-state index in [2.05, 4.69) is 117 Å². The Morgan fingerprint density at radius 2 is 0.893 bits per heavy atom. The maximum Gasteiger partial charge on any atom is 0.0574 e. The Bertz CT molecular complexity index is 779. The molecule has 3 rings (SSSR count). The van der Waals surface area contributed by atoms with Crippen molar-refractivity contribution < 1.29 is 0 Å². The highest BCUT2D eigenvalue weighted by Crippen LogP contribution is 2.21. The lowest BCUT2D eigenvalue weighted by atomic mass is 10.1. The summed E-state index contributed by atoms with van der Waals surface area (Å²) < 4.78 is 0. The second-order valence-corrected chi connectivity index (χ2v) is 7.53. The van der Waals surface area contributed by atoms with Crippen LogP contribution in [0.2, 0.25) is 0 Å². The minimum atomic E-state index is 0.175. The molecule has 1 aromatic heterocycles. The number of benzene rings is 2. The fourth-order valence-electron chi connectivity index (χ4n) is 3.55. The SMILES string of the molecule is C[C@H](N[C@@H](C)c1cccc([C@H](C)N[C@@H](C)c2ccccc2)n1)c1ccccc1. The van der Waals surface area contributed by atoms with Crippen molar-refractivity contribution in [3.05, 3.63) is 101 Å². The first kappa shape index (κ1) is 20.2. The van der Waals surface area contributed by atoms with Gasteiger partial charge < -0.3 is 10.6 Å². The quantitative estimate of drug-likeness (QED) is 0.516. The predicted octanol–water partition coefficient (Wildman–Crippen LogP) is 5.91. The van der Waals surface area contributed by atoms with Crippen molar-refractivity contribution in [1.29, 1.82) is 0 Å². The van der Waals surface area contributed by atoms with E-state index >= 15 is 0 Å². The number of nitrogens with zero attached hydrogens (tertiary/aromatic N) is 1. The minimum absolute atomic E-state index is 0.175. The molecule has 146 valence electrons. The molecule has 3 heteroatoms. The van der Waals surface area contributed by atoms with Crippen LogP contribution in [0, 0.1) is 0 Å².